The number of methoxy groups -OCH3 is 2. The van der Waals surface area contributed by atoms with E-state index in [0.717, 1.165) is 21.7 Å². The first kappa shape index (κ1) is 26.0. The summed E-state index contributed by atoms with van der Waals surface area (Å²) in [5.74, 6) is 1.06. The highest BCUT2D eigenvalue weighted by Crippen LogP contribution is 2.33. The SMILES string of the molecule is COc1ccc(-c2csc(NC(=O)CSc3cccc(NC(=O)/C=C/c4ccccc4)c3)n2)cc1OC. The number of aromatic nitrogens is 1. The molecule has 0 spiro atoms. The minimum atomic E-state index is -0.224. The number of hydrogen-bond donors (Lipinski definition) is 2. The molecule has 0 atom stereocenters. The fourth-order valence-electron chi connectivity index (χ4n) is 3.35. The average Bonchev–Trinajstić information content (AvgIpc) is 3.39. The van der Waals surface area contributed by atoms with Gasteiger partial charge >= 0.3 is 0 Å². The molecule has 1 aromatic heterocycles. The molecule has 0 saturated carbocycles. The van der Waals surface area contributed by atoms with E-state index in [1.807, 2.05) is 78.2 Å². The number of carbonyl (C=O) groups is 2. The number of benzene rings is 3. The maximum absolute atomic E-state index is 12.5. The zero-order valence-electron chi connectivity index (χ0n) is 20.3. The number of anilines is 2. The van der Waals surface area contributed by atoms with E-state index in [1.165, 1.54) is 29.2 Å². The number of ether oxygens (including phenoxy) is 2. The van der Waals surface area contributed by atoms with Crippen LogP contribution in [0.2, 0.25) is 0 Å². The van der Waals surface area contributed by atoms with Gasteiger partial charge in [-0.2, -0.15) is 0 Å². The summed E-state index contributed by atoms with van der Waals surface area (Å²) in [7, 11) is 3.17. The summed E-state index contributed by atoms with van der Waals surface area (Å²) in [6.07, 6.45) is 3.25. The largest absolute Gasteiger partial charge is 0.493 e. The van der Waals surface area contributed by atoms with Gasteiger partial charge in [0.25, 0.3) is 0 Å². The summed E-state index contributed by atoms with van der Waals surface area (Å²) in [4.78, 5) is 30.2. The monoisotopic (exact) mass is 531 g/mol. The highest BCUT2D eigenvalue weighted by Gasteiger charge is 2.12. The summed E-state index contributed by atoms with van der Waals surface area (Å²) >= 11 is 2.73. The fraction of sp³-hybridized carbons (Fsp3) is 0.107. The molecule has 9 heteroatoms. The molecular weight excluding hydrogens is 506 g/mol. The van der Waals surface area contributed by atoms with E-state index in [9.17, 15) is 9.59 Å². The summed E-state index contributed by atoms with van der Waals surface area (Å²) in [6.45, 7) is 0. The first-order chi connectivity index (χ1) is 18.0. The van der Waals surface area contributed by atoms with Gasteiger partial charge < -0.3 is 20.1 Å². The van der Waals surface area contributed by atoms with Crippen LogP contribution in [0.5, 0.6) is 11.5 Å². The lowest BCUT2D eigenvalue weighted by molar-refractivity contribution is -0.114. The van der Waals surface area contributed by atoms with E-state index in [2.05, 4.69) is 15.6 Å². The maximum atomic E-state index is 12.5. The summed E-state index contributed by atoms with van der Waals surface area (Å²) < 4.78 is 10.6. The van der Waals surface area contributed by atoms with Crippen molar-refractivity contribution in [2.45, 2.75) is 4.90 Å². The molecule has 0 radical (unpaired) electrons. The minimum Gasteiger partial charge on any atom is -0.493 e. The second-order valence-corrected chi connectivity index (χ2v) is 9.61. The third kappa shape index (κ3) is 7.45. The van der Waals surface area contributed by atoms with Crippen molar-refractivity contribution in [3.8, 4) is 22.8 Å². The lowest BCUT2D eigenvalue weighted by Crippen LogP contribution is -2.13. The molecule has 0 bridgehead atoms. The van der Waals surface area contributed by atoms with Crippen molar-refractivity contribution in [3.05, 3.63) is 89.8 Å². The molecule has 37 heavy (non-hydrogen) atoms. The van der Waals surface area contributed by atoms with E-state index in [-0.39, 0.29) is 17.6 Å². The molecule has 3 aromatic carbocycles. The van der Waals surface area contributed by atoms with Crippen LogP contribution in [-0.4, -0.2) is 36.8 Å². The average molecular weight is 532 g/mol. The van der Waals surface area contributed by atoms with Gasteiger partial charge in [0.1, 0.15) is 0 Å². The number of amides is 2. The van der Waals surface area contributed by atoms with E-state index >= 15 is 0 Å². The van der Waals surface area contributed by atoms with Crippen molar-refractivity contribution in [1.29, 1.82) is 0 Å². The summed E-state index contributed by atoms with van der Waals surface area (Å²) in [6, 6.07) is 22.5. The standard InChI is InChI=1S/C28H25N3O4S2/c1-34-24-13-12-20(15-25(24)35-2)23-17-37-28(30-23)31-27(33)18-36-22-10-6-9-21(16-22)29-26(32)14-11-19-7-4-3-5-8-19/h3-17H,18H2,1-2H3,(H,29,32)(H,30,31,33)/b14-11+. The maximum Gasteiger partial charge on any atom is 0.248 e. The Morgan fingerprint density at radius 2 is 1.76 bits per heavy atom. The zero-order chi connectivity index (χ0) is 26.0. The van der Waals surface area contributed by atoms with Crippen molar-refractivity contribution >= 4 is 51.8 Å². The minimum absolute atomic E-state index is 0.168. The Hall–Kier alpha value is -4.08. The quantitative estimate of drug-likeness (QED) is 0.187. The number of hydrogen-bond acceptors (Lipinski definition) is 7. The predicted octanol–water partition coefficient (Wildman–Crippen LogP) is 6.21. The van der Waals surface area contributed by atoms with Gasteiger partial charge in [-0.3, -0.25) is 9.59 Å². The van der Waals surface area contributed by atoms with Gasteiger partial charge in [0.15, 0.2) is 16.6 Å². The van der Waals surface area contributed by atoms with Crippen molar-refractivity contribution in [2.24, 2.45) is 0 Å². The first-order valence-corrected chi connectivity index (χ1v) is 13.2. The van der Waals surface area contributed by atoms with Crippen LogP contribution in [0.15, 0.2) is 89.1 Å². The lowest BCUT2D eigenvalue weighted by atomic mass is 10.1. The lowest BCUT2D eigenvalue weighted by Gasteiger charge is -2.08. The molecule has 4 rings (SSSR count). The second kappa shape index (κ2) is 12.8. The van der Waals surface area contributed by atoms with Gasteiger partial charge in [0.2, 0.25) is 11.8 Å². The van der Waals surface area contributed by atoms with E-state index in [4.69, 9.17) is 9.47 Å². The van der Waals surface area contributed by atoms with Crippen LogP contribution in [0.3, 0.4) is 0 Å². The molecule has 7 nitrogen and oxygen atoms in total. The van der Waals surface area contributed by atoms with E-state index in [1.54, 1.807) is 20.3 Å². The molecule has 0 aliphatic heterocycles. The van der Waals surface area contributed by atoms with Crippen LogP contribution in [0.1, 0.15) is 5.56 Å². The van der Waals surface area contributed by atoms with Crippen molar-refractivity contribution in [3.63, 3.8) is 0 Å². The molecular formula is C28H25N3O4S2. The predicted molar refractivity (Wildman–Crippen MR) is 151 cm³/mol. The van der Waals surface area contributed by atoms with E-state index < -0.39 is 0 Å². The first-order valence-electron chi connectivity index (χ1n) is 11.3. The highest BCUT2D eigenvalue weighted by atomic mass is 32.2. The van der Waals surface area contributed by atoms with Gasteiger partial charge in [-0.15, -0.1) is 23.1 Å². The molecule has 0 unspecified atom stereocenters. The fourth-order valence-corrected chi connectivity index (χ4v) is 4.84. The van der Waals surface area contributed by atoms with Crippen LogP contribution in [0.25, 0.3) is 17.3 Å². The number of thiazole rings is 1. The third-order valence-electron chi connectivity index (χ3n) is 5.13. The Labute approximate surface area is 223 Å². The smallest absolute Gasteiger partial charge is 0.248 e. The number of nitrogens with one attached hydrogen (secondary N) is 2. The summed E-state index contributed by atoms with van der Waals surface area (Å²) in [5, 5.41) is 8.09. The normalized spacial score (nSPS) is 10.8. The van der Waals surface area contributed by atoms with Crippen LogP contribution < -0.4 is 20.1 Å². The molecule has 0 fully saturated rings. The molecule has 0 saturated heterocycles. The second-order valence-electron chi connectivity index (χ2n) is 7.71. The molecule has 2 N–H and O–H groups in total. The number of rotatable bonds is 10. The number of thioether (sulfide) groups is 1. The van der Waals surface area contributed by atoms with Crippen molar-refractivity contribution in [1.82, 2.24) is 4.98 Å². The van der Waals surface area contributed by atoms with Gasteiger partial charge in [0, 0.05) is 27.6 Å². The molecule has 2 amide bonds. The van der Waals surface area contributed by atoms with Crippen LogP contribution in [0, 0.1) is 0 Å². The molecule has 188 valence electrons. The Balaban J connectivity index is 1.29. The molecule has 0 aliphatic carbocycles. The van der Waals surface area contributed by atoms with Gasteiger partial charge in [-0.1, -0.05) is 36.4 Å². The van der Waals surface area contributed by atoms with Crippen LogP contribution >= 0.6 is 23.1 Å². The van der Waals surface area contributed by atoms with Crippen LogP contribution in [0.4, 0.5) is 10.8 Å². The topological polar surface area (TPSA) is 89.6 Å². The Morgan fingerprint density at radius 1 is 0.946 bits per heavy atom. The zero-order valence-corrected chi connectivity index (χ0v) is 21.9. The van der Waals surface area contributed by atoms with Gasteiger partial charge in [-0.05, 0) is 48.0 Å². The Kier molecular flexibility index (Phi) is 8.96. The Bertz CT molecular complexity index is 1400. The molecule has 0 aliphatic rings. The van der Waals surface area contributed by atoms with Crippen molar-refractivity contribution < 1.29 is 19.1 Å². The van der Waals surface area contributed by atoms with Gasteiger partial charge in [0.05, 0.1) is 25.7 Å². The highest BCUT2D eigenvalue weighted by molar-refractivity contribution is 8.00. The number of nitrogens with zero attached hydrogens (tertiary/aromatic N) is 1. The van der Waals surface area contributed by atoms with Crippen molar-refractivity contribution in [2.75, 3.05) is 30.6 Å². The van der Waals surface area contributed by atoms with Gasteiger partial charge in [-0.25, -0.2) is 4.98 Å². The Morgan fingerprint density at radius 3 is 2.54 bits per heavy atom. The van der Waals surface area contributed by atoms with E-state index in [0.29, 0.717) is 22.3 Å². The third-order valence-corrected chi connectivity index (χ3v) is 6.88. The molecule has 4 aromatic rings. The van der Waals surface area contributed by atoms with Crippen LogP contribution in [-0.2, 0) is 9.59 Å². The molecule has 1 heterocycles. The summed E-state index contributed by atoms with van der Waals surface area (Å²) in [5.41, 5.74) is 3.21. The number of carbonyl (C=O) groups excluding carboxylic acids is 2.